The lowest BCUT2D eigenvalue weighted by molar-refractivity contribution is -0.362. The van der Waals surface area contributed by atoms with Crippen LogP contribution in [0, 0.1) is 17.3 Å². The lowest BCUT2D eigenvalue weighted by Crippen LogP contribution is -2.65. The van der Waals surface area contributed by atoms with E-state index in [1.807, 2.05) is 12.1 Å². The molecule has 0 aliphatic heterocycles. The second-order valence-corrected chi connectivity index (χ2v) is 13.4. The topological polar surface area (TPSA) is 70.5 Å². The van der Waals surface area contributed by atoms with E-state index in [1.54, 1.807) is 54.7 Å². The molecule has 1 heterocycles. The summed E-state index contributed by atoms with van der Waals surface area (Å²) in [6.07, 6.45) is 0.972. The third kappa shape index (κ3) is 5.04. The van der Waals surface area contributed by atoms with E-state index >= 15 is 8.78 Å². The normalized spacial score (nSPS) is 29.9. The van der Waals surface area contributed by atoms with Crippen molar-refractivity contribution in [3.8, 4) is 0 Å². The Labute approximate surface area is 259 Å². The number of likely N-dealkylation sites (N-methyl/N-ethyl adjacent to an activating group) is 1. The fraction of sp³-hybridized carbons (Fsp3) is 0.514. The molecule has 4 aliphatic rings. The molecule has 0 unspecified atom stereocenters. The standard InChI is InChI=1S/C35H37F5N2O3/c1-32-20-28(22-3-5-23(6-4-22)31(44)42(2)18-14-21-12-16-41-17-13-21)30-26-10-8-25(43)19-24(26)7-9-27(30)29(32)11-15-33(32,45)34(36,37)35(38,39)40/h3-6,12-13,16-17,19,27-29,45H,7-11,14-15,18,20H2,1-2H3/t27-,28+,29-,32-,33-/m0/s1. The first kappa shape index (κ1) is 31.6. The molecule has 1 aromatic carbocycles. The van der Waals surface area contributed by atoms with E-state index in [2.05, 4.69) is 4.98 Å². The quantitative estimate of drug-likeness (QED) is 0.343. The molecular formula is C35H37F5N2O3. The highest BCUT2D eigenvalue weighted by Gasteiger charge is 2.79. The molecule has 6 rings (SSSR count). The molecule has 2 fully saturated rings. The van der Waals surface area contributed by atoms with Crippen LogP contribution < -0.4 is 0 Å². The summed E-state index contributed by atoms with van der Waals surface area (Å²) < 4.78 is 71.9. The lowest BCUT2D eigenvalue weighted by atomic mass is 9.50. The SMILES string of the molecule is CN(CCc1ccncc1)C(=O)c1ccc([C@H]2C[C@@]3(C)[C@@H](CC[C@@]3(O)C(F)(F)C(F)(F)F)[C@@H]3CCC4=CC(=O)CCC4=C32)cc1. The zero-order valence-corrected chi connectivity index (χ0v) is 25.3. The first-order valence-electron chi connectivity index (χ1n) is 15.6. The molecule has 240 valence electrons. The predicted molar refractivity (Wildman–Crippen MR) is 158 cm³/mol. The molecule has 1 aromatic heterocycles. The van der Waals surface area contributed by atoms with E-state index in [4.69, 9.17) is 0 Å². The first-order valence-corrected chi connectivity index (χ1v) is 15.6. The van der Waals surface area contributed by atoms with Crippen molar-refractivity contribution in [2.75, 3.05) is 13.6 Å². The number of halogens is 5. The Bertz CT molecular complexity index is 1550. The van der Waals surface area contributed by atoms with E-state index in [0.717, 1.165) is 22.3 Å². The Kier molecular flexibility index (Phi) is 7.82. The molecule has 4 aliphatic carbocycles. The Morgan fingerprint density at radius 1 is 1.02 bits per heavy atom. The molecular weight excluding hydrogens is 591 g/mol. The number of nitrogens with zero attached hydrogens (tertiary/aromatic N) is 2. The molecule has 10 heteroatoms. The number of allylic oxidation sites excluding steroid dienone is 4. The van der Waals surface area contributed by atoms with Gasteiger partial charge in [-0.25, -0.2) is 0 Å². The minimum absolute atomic E-state index is 0.0287. The van der Waals surface area contributed by atoms with Crippen LogP contribution in [0.4, 0.5) is 22.0 Å². The molecule has 45 heavy (non-hydrogen) atoms. The maximum atomic E-state index is 15.2. The number of rotatable bonds is 6. The zero-order chi connectivity index (χ0) is 32.4. The van der Waals surface area contributed by atoms with Crippen LogP contribution in [0.5, 0.6) is 0 Å². The summed E-state index contributed by atoms with van der Waals surface area (Å²) >= 11 is 0. The van der Waals surface area contributed by atoms with Crippen molar-refractivity contribution in [3.05, 3.63) is 88.3 Å². The minimum atomic E-state index is -5.90. The number of amides is 1. The molecule has 1 amide bonds. The summed E-state index contributed by atoms with van der Waals surface area (Å²) in [6.45, 7) is 1.88. The van der Waals surface area contributed by atoms with E-state index in [0.29, 0.717) is 49.8 Å². The number of fused-ring (bicyclic) bond motifs is 4. The van der Waals surface area contributed by atoms with Crippen LogP contribution in [0.25, 0.3) is 0 Å². The number of hydrogen-bond acceptors (Lipinski definition) is 4. The summed E-state index contributed by atoms with van der Waals surface area (Å²) in [5.74, 6) is -6.87. The van der Waals surface area contributed by atoms with Crippen LogP contribution in [0.3, 0.4) is 0 Å². The first-order chi connectivity index (χ1) is 21.2. The van der Waals surface area contributed by atoms with Crippen molar-refractivity contribution < 1.29 is 36.6 Å². The number of hydrogen-bond donors (Lipinski definition) is 1. The van der Waals surface area contributed by atoms with Gasteiger partial charge >= 0.3 is 12.1 Å². The summed E-state index contributed by atoms with van der Waals surface area (Å²) in [5.41, 5.74) is 0.105. The maximum absolute atomic E-state index is 15.2. The number of carbonyl (C=O) groups excluding carboxylic acids is 2. The number of carbonyl (C=O) groups is 2. The third-order valence-corrected chi connectivity index (χ3v) is 11.2. The molecule has 1 N–H and O–H groups in total. The number of ketones is 1. The third-order valence-electron chi connectivity index (χ3n) is 11.2. The van der Waals surface area contributed by atoms with Crippen molar-refractivity contribution in [1.29, 1.82) is 0 Å². The maximum Gasteiger partial charge on any atom is 0.456 e. The van der Waals surface area contributed by atoms with E-state index < -0.39 is 41.4 Å². The molecule has 5 atom stereocenters. The number of pyridine rings is 1. The second-order valence-electron chi connectivity index (χ2n) is 13.4. The van der Waals surface area contributed by atoms with Gasteiger partial charge in [-0.3, -0.25) is 14.6 Å². The monoisotopic (exact) mass is 628 g/mol. The van der Waals surface area contributed by atoms with Crippen LogP contribution >= 0.6 is 0 Å². The van der Waals surface area contributed by atoms with Gasteiger partial charge in [-0.2, -0.15) is 22.0 Å². The smallest absolute Gasteiger partial charge is 0.383 e. The van der Waals surface area contributed by atoms with Crippen LogP contribution in [-0.4, -0.2) is 58.0 Å². The highest BCUT2D eigenvalue weighted by atomic mass is 19.4. The van der Waals surface area contributed by atoms with Gasteiger partial charge in [0, 0.05) is 49.3 Å². The van der Waals surface area contributed by atoms with E-state index in [-0.39, 0.29) is 30.4 Å². The van der Waals surface area contributed by atoms with Gasteiger partial charge in [0.15, 0.2) is 5.78 Å². The summed E-state index contributed by atoms with van der Waals surface area (Å²) in [7, 11) is 1.71. The lowest BCUT2D eigenvalue weighted by Gasteiger charge is -2.56. The summed E-state index contributed by atoms with van der Waals surface area (Å²) in [5, 5.41) is 11.4. The highest BCUT2D eigenvalue weighted by molar-refractivity contribution is 5.94. The average Bonchev–Trinajstić information content (AvgIpc) is 3.30. The van der Waals surface area contributed by atoms with Gasteiger partial charge in [0.25, 0.3) is 5.91 Å². The van der Waals surface area contributed by atoms with E-state index in [1.165, 1.54) is 6.92 Å². The molecule has 5 nitrogen and oxygen atoms in total. The minimum Gasteiger partial charge on any atom is -0.383 e. The van der Waals surface area contributed by atoms with Gasteiger partial charge in [0.1, 0.15) is 5.60 Å². The summed E-state index contributed by atoms with van der Waals surface area (Å²) in [6, 6.07) is 10.6. The van der Waals surface area contributed by atoms with Gasteiger partial charge in [-0.15, -0.1) is 0 Å². The molecule has 0 saturated heterocycles. The van der Waals surface area contributed by atoms with Crippen molar-refractivity contribution >= 4 is 11.7 Å². The Morgan fingerprint density at radius 3 is 2.38 bits per heavy atom. The number of alkyl halides is 5. The number of benzene rings is 1. The largest absolute Gasteiger partial charge is 0.456 e. The average molecular weight is 629 g/mol. The van der Waals surface area contributed by atoms with Crippen LogP contribution in [0.2, 0.25) is 0 Å². The van der Waals surface area contributed by atoms with Gasteiger partial charge in [-0.05, 0) is 109 Å². The Balaban J connectivity index is 1.36. The molecule has 2 aromatic rings. The van der Waals surface area contributed by atoms with Gasteiger partial charge in [-0.1, -0.05) is 24.6 Å². The van der Waals surface area contributed by atoms with Crippen molar-refractivity contribution in [3.63, 3.8) is 0 Å². The predicted octanol–water partition coefficient (Wildman–Crippen LogP) is 7.22. The van der Waals surface area contributed by atoms with E-state index in [9.17, 15) is 27.9 Å². The van der Waals surface area contributed by atoms with Crippen LogP contribution in [-0.2, 0) is 11.2 Å². The molecule has 0 radical (unpaired) electrons. The van der Waals surface area contributed by atoms with Gasteiger partial charge in [0.2, 0.25) is 0 Å². The van der Waals surface area contributed by atoms with Crippen molar-refractivity contribution in [1.82, 2.24) is 9.88 Å². The van der Waals surface area contributed by atoms with Crippen LogP contribution in [0.15, 0.2) is 71.6 Å². The van der Waals surface area contributed by atoms with Crippen molar-refractivity contribution in [2.24, 2.45) is 17.3 Å². The fourth-order valence-electron chi connectivity index (χ4n) is 8.74. The van der Waals surface area contributed by atoms with Gasteiger partial charge < -0.3 is 10.0 Å². The highest BCUT2D eigenvalue weighted by Crippen LogP contribution is 2.70. The number of aliphatic hydroxyl groups is 1. The second kappa shape index (κ2) is 11.1. The fourth-order valence-corrected chi connectivity index (χ4v) is 8.74. The molecule has 0 spiro atoms. The van der Waals surface area contributed by atoms with Crippen molar-refractivity contribution in [2.45, 2.75) is 81.9 Å². The van der Waals surface area contributed by atoms with Gasteiger partial charge in [0.05, 0.1) is 0 Å². The Hall–Kier alpha value is -3.40. The van der Waals surface area contributed by atoms with Crippen LogP contribution in [0.1, 0.15) is 79.3 Å². The Morgan fingerprint density at radius 2 is 1.71 bits per heavy atom. The summed E-state index contributed by atoms with van der Waals surface area (Å²) in [4.78, 5) is 31.1. The zero-order valence-electron chi connectivity index (χ0n) is 25.3. The number of aromatic nitrogens is 1. The molecule has 0 bridgehead atoms. The molecule has 2 saturated carbocycles.